The van der Waals surface area contributed by atoms with Crippen LogP contribution >= 0.6 is 11.8 Å². The fraction of sp³-hybridized carbons (Fsp3) is 0.533. The quantitative estimate of drug-likeness (QED) is 0.760. The Hall–Kier alpha value is -1.40. The third-order valence-corrected chi connectivity index (χ3v) is 4.35. The fourth-order valence-corrected chi connectivity index (χ4v) is 3.04. The lowest BCUT2D eigenvalue weighted by molar-refractivity contribution is 0.471. The number of aromatic nitrogens is 4. The number of hydrogen-bond acceptors (Lipinski definition) is 5. The van der Waals surface area contributed by atoms with Gasteiger partial charge in [0.1, 0.15) is 6.33 Å². The van der Waals surface area contributed by atoms with Gasteiger partial charge in [-0.05, 0) is 59.9 Å². The lowest BCUT2D eigenvalue weighted by atomic mass is 10.1. The molecule has 0 aliphatic carbocycles. The Morgan fingerprint density at radius 3 is 2.90 bits per heavy atom. The first-order valence-corrected chi connectivity index (χ1v) is 8.53. The molecular weight excluding hydrogens is 282 g/mol. The molecule has 1 aromatic heterocycles. The number of nitrogens with zero attached hydrogens (tertiary/aromatic N) is 4. The van der Waals surface area contributed by atoms with Crippen LogP contribution in [0.4, 0.5) is 0 Å². The van der Waals surface area contributed by atoms with Crippen LogP contribution in [0.3, 0.4) is 0 Å². The predicted molar refractivity (Wildman–Crippen MR) is 87.8 cm³/mol. The van der Waals surface area contributed by atoms with Crippen LogP contribution in [0.15, 0.2) is 30.6 Å². The normalized spacial score (nSPS) is 14.0. The summed E-state index contributed by atoms with van der Waals surface area (Å²) < 4.78 is 1.68. The molecule has 1 heterocycles. The average Bonchev–Trinajstić information content (AvgIpc) is 3.02. The van der Waals surface area contributed by atoms with Crippen molar-refractivity contribution in [3.8, 4) is 5.69 Å². The van der Waals surface area contributed by atoms with Crippen LogP contribution in [0.2, 0.25) is 0 Å². The van der Waals surface area contributed by atoms with Crippen molar-refractivity contribution < 1.29 is 0 Å². The Morgan fingerprint density at radius 2 is 2.19 bits per heavy atom. The molecule has 1 aromatic carbocycles. The van der Waals surface area contributed by atoms with Gasteiger partial charge in [0.2, 0.25) is 0 Å². The van der Waals surface area contributed by atoms with Crippen molar-refractivity contribution >= 4 is 11.8 Å². The third kappa shape index (κ3) is 4.82. The lowest BCUT2D eigenvalue weighted by Crippen LogP contribution is -2.29. The Bertz CT molecular complexity index is 529. The highest BCUT2D eigenvalue weighted by Gasteiger charge is 2.10. The molecule has 0 radical (unpaired) electrons. The highest BCUT2D eigenvalue weighted by Crippen LogP contribution is 2.17. The lowest BCUT2D eigenvalue weighted by Gasteiger charge is -2.20. The summed E-state index contributed by atoms with van der Waals surface area (Å²) >= 11 is 1.99. The summed E-state index contributed by atoms with van der Waals surface area (Å²) in [6.45, 7) is 6.65. The maximum atomic E-state index is 3.93. The molecular formula is C15H23N5S. The van der Waals surface area contributed by atoms with E-state index in [0.717, 1.165) is 5.69 Å². The van der Waals surface area contributed by atoms with Gasteiger partial charge in [-0.15, -0.1) is 5.10 Å². The van der Waals surface area contributed by atoms with Crippen molar-refractivity contribution in [3.05, 3.63) is 36.2 Å². The van der Waals surface area contributed by atoms with E-state index in [4.69, 9.17) is 0 Å². The standard InChI is InChI=1S/C15H23N5S/c1-4-21-9-8-12(2)17-13(3)14-6-5-7-15(10-14)20-11-16-18-19-20/h5-7,10-13,17H,4,8-9H2,1-3H3. The minimum absolute atomic E-state index is 0.308. The summed E-state index contributed by atoms with van der Waals surface area (Å²) in [5.41, 5.74) is 2.23. The van der Waals surface area contributed by atoms with Gasteiger partial charge in [-0.25, -0.2) is 4.68 Å². The molecule has 114 valence electrons. The minimum atomic E-state index is 0.308. The topological polar surface area (TPSA) is 55.6 Å². The number of tetrazole rings is 1. The first-order chi connectivity index (χ1) is 10.2. The smallest absolute Gasteiger partial charge is 0.143 e. The molecule has 2 unspecified atom stereocenters. The summed E-state index contributed by atoms with van der Waals surface area (Å²) in [5, 5.41) is 14.9. The number of rotatable bonds is 8. The Balaban J connectivity index is 1.96. The zero-order valence-corrected chi connectivity index (χ0v) is 13.7. The number of hydrogen-bond donors (Lipinski definition) is 1. The molecule has 0 fully saturated rings. The molecule has 0 amide bonds. The Labute approximate surface area is 130 Å². The van der Waals surface area contributed by atoms with Crippen LogP contribution in [0, 0.1) is 0 Å². The van der Waals surface area contributed by atoms with Crippen molar-refractivity contribution in [2.45, 2.75) is 39.3 Å². The Morgan fingerprint density at radius 1 is 1.33 bits per heavy atom. The van der Waals surface area contributed by atoms with Crippen molar-refractivity contribution in [2.75, 3.05) is 11.5 Å². The molecule has 0 saturated heterocycles. The summed E-state index contributed by atoms with van der Waals surface area (Å²) in [6, 6.07) is 9.13. The van der Waals surface area contributed by atoms with Crippen molar-refractivity contribution in [2.24, 2.45) is 0 Å². The number of benzene rings is 1. The van der Waals surface area contributed by atoms with Gasteiger partial charge in [-0.3, -0.25) is 0 Å². The van der Waals surface area contributed by atoms with E-state index in [2.05, 4.69) is 53.7 Å². The predicted octanol–water partition coefficient (Wildman–Crippen LogP) is 2.84. The second kappa shape index (κ2) is 8.14. The molecule has 21 heavy (non-hydrogen) atoms. The van der Waals surface area contributed by atoms with Gasteiger partial charge in [0.15, 0.2) is 0 Å². The van der Waals surface area contributed by atoms with Gasteiger partial charge in [0.25, 0.3) is 0 Å². The monoisotopic (exact) mass is 305 g/mol. The second-order valence-corrected chi connectivity index (χ2v) is 6.52. The third-order valence-electron chi connectivity index (χ3n) is 3.42. The fourth-order valence-electron chi connectivity index (χ4n) is 2.23. The van der Waals surface area contributed by atoms with Crippen molar-refractivity contribution in [1.29, 1.82) is 0 Å². The first-order valence-electron chi connectivity index (χ1n) is 7.37. The van der Waals surface area contributed by atoms with Gasteiger partial charge in [-0.2, -0.15) is 11.8 Å². The molecule has 2 aromatic rings. The SMILES string of the molecule is CCSCCC(C)NC(C)c1cccc(-n2cnnn2)c1. The number of nitrogens with one attached hydrogen (secondary N) is 1. The molecule has 2 rings (SSSR count). The van der Waals surface area contributed by atoms with E-state index in [9.17, 15) is 0 Å². The van der Waals surface area contributed by atoms with E-state index in [-0.39, 0.29) is 0 Å². The summed E-state index contributed by atoms with van der Waals surface area (Å²) in [7, 11) is 0. The zero-order valence-electron chi connectivity index (χ0n) is 12.9. The molecule has 6 heteroatoms. The van der Waals surface area contributed by atoms with E-state index in [1.54, 1.807) is 11.0 Å². The largest absolute Gasteiger partial charge is 0.308 e. The van der Waals surface area contributed by atoms with Gasteiger partial charge >= 0.3 is 0 Å². The van der Waals surface area contributed by atoms with E-state index in [1.807, 2.05) is 23.9 Å². The minimum Gasteiger partial charge on any atom is -0.308 e. The van der Waals surface area contributed by atoms with Gasteiger partial charge in [0.05, 0.1) is 5.69 Å². The van der Waals surface area contributed by atoms with E-state index < -0.39 is 0 Å². The maximum Gasteiger partial charge on any atom is 0.143 e. The van der Waals surface area contributed by atoms with Crippen LogP contribution in [0.25, 0.3) is 5.69 Å². The van der Waals surface area contributed by atoms with E-state index >= 15 is 0 Å². The van der Waals surface area contributed by atoms with Crippen LogP contribution < -0.4 is 5.32 Å². The molecule has 1 N–H and O–H groups in total. The second-order valence-electron chi connectivity index (χ2n) is 5.12. The summed E-state index contributed by atoms with van der Waals surface area (Å²) in [6.07, 6.45) is 2.80. The highest BCUT2D eigenvalue weighted by molar-refractivity contribution is 7.99. The van der Waals surface area contributed by atoms with Crippen LogP contribution in [-0.2, 0) is 0 Å². The van der Waals surface area contributed by atoms with Crippen molar-refractivity contribution in [1.82, 2.24) is 25.5 Å². The molecule has 2 atom stereocenters. The molecule has 0 aliphatic heterocycles. The molecule has 0 spiro atoms. The van der Waals surface area contributed by atoms with E-state index in [1.165, 1.54) is 23.5 Å². The number of thioether (sulfide) groups is 1. The summed E-state index contributed by atoms with van der Waals surface area (Å²) in [5.74, 6) is 2.40. The highest BCUT2D eigenvalue weighted by atomic mass is 32.2. The average molecular weight is 305 g/mol. The van der Waals surface area contributed by atoms with Gasteiger partial charge < -0.3 is 5.32 Å². The van der Waals surface area contributed by atoms with E-state index in [0.29, 0.717) is 12.1 Å². The van der Waals surface area contributed by atoms with Crippen molar-refractivity contribution in [3.63, 3.8) is 0 Å². The molecule has 0 bridgehead atoms. The van der Waals surface area contributed by atoms with Crippen LogP contribution in [0.5, 0.6) is 0 Å². The van der Waals surface area contributed by atoms with Gasteiger partial charge in [0, 0.05) is 12.1 Å². The maximum absolute atomic E-state index is 3.93. The van der Waals surface area contributed by atoms with Crippen LogP contribution in [0.1, 0.15) is 38.8 Å². The summed E-state index contributed by atoms with van der Waals surface area (Å²) in [4.78, 5) is 0. The molecule has 0 aliphatic rings. The van der Waals surface area contributed by atoms with Gasteiger partial charge in [-0.1, -0.05) is 19.1 Å². The molecule has 0 saturated carbocycles. The Kier molecular flexibility index (Phi) is 6.20. The molecule has 5 nitrogen and oxygen atoms in total. The first kappa shape index (κ1) is 16.0. The van der Waals surface area contributed by atoms with Crippen LogP contribution in [-0.4, -0.2) is 37.8 Å². The zero-order chi connectivity index (χ0) is 15.1.